The molecule has 0 fully saturated rings. The molecule has 3 heteroatoms. The fraction of sp³-hybridized carbons (Fsp3) is 0.400. The molecule has 0 saturated heterocycles. The van der Waals surface area contributed by atoms with E-state index in [1.807, 2.05) is 6.92 Å². The first-order valence-corrected chi connectivity index (χ1v) is 3.04. The second-order valence-electron chi connectivity index (χ2n) is 1.33. The lowest BCUT2D eigenvalue weighted by molar-refractivity contribution is 1.35. The van der Waals surface area contributed by atoms with Gasteiger partial charge in [-0.2, -0.15) is 0 Å². The summed E-state index contributed by atoms with van der Waals surface area (Å²) in [5.41, 5.74) is 0.990. The van der Waals surface area contributed by atoms with Gasteiger partial charge in [0, 0.05) is 12.1 Å². The van der Waals surface area contributed by atoms with Crippen LogP contribution in [0.1, 0.15) is 6.92 Å². The maximum atomic E-state index is 5.40. The number of isothiocyanates is 1. The first-order valence-electron chi connectivity index (χ1n) is 2.10. The fourth-order valence-electron chi connectivity index (χ4n) is 0.171. The van der Waals surface area contributed by atoms with Crippen molar-refractivity contribution in [3.8, 4) is 0 Å². The smallest absolute Gasteiger partial charge is 0.0634 e. The number of rotatable bonds is 2. The van der Waals surface area contributed by atoms with Crippen molar-refractivity contribution in [1.82, 2.24) is 0 Å². The summed E-state index contributed by atoms with van der Waals surface area (Å²) in [4.78, 5) is 3.56. The van der Waals surface area contributed by atoms with Crippen LogP contribution < -0.4 is 0 Å². The molecule has 8 heavy (non-hydrogen) atoms. The minimum absolute atomic E-state index is 0.501. The van der Waals surface area contributed by atoms with Crippen molar-refractivity contribution in [3.63, 3.8) is 0 Å². The summed E-state index contributed by atoms with van der Waals surface area (Å²) in [5, 5.41) is 2.21. The molecule has 0 aromatic heterocycles. The zero-order valence-corrected chi connectivity index (χ0v) is 6.09. The monoisotopic (exact) mass is 147 g/mol. The van der Waals surface area contributed by atoms with Gasteiger partial charge in [0.1, 0.15) is 0 Å². The molecule has 0 atom stereocenters. The third-order valence-electron chi connectivity index (χ3n) is 0.548. The van der Waals surface area contributed by atoms with Crippen molar-refractivity contribution in [2.24, 2.45) is 4.99 Å². The molecular weight excluding hydrogens is 142 g/mol. The van der Waals surface area contributed by atoms with Crippen molar-refractivity contribution >= 4 is 29.0 Å². The van der Waals surface area contributed by atoms with Crippen LogP contribution in [0.2, 0.25) is 0 Å². The first-order chi connectivity index (χ1) is 3.81. The van der Waals surface area contributed by atoms with Crippen molar-refractivity contribution in [2.45, 2.75) is 6.92 Å². The highest BCUT2D eigenvalue weighted by Crippen LogP contribution is 1.93. The maximum Gasteiger partial charge on any atom is 0.0634 e. The largest absolute Gasteiger partial charge is 0.203 e. The molecule has 0 bridgehead atoms. The van der Waals surface area contributed by atoms with Crippen molar-refractivity contribution in [2.75, 3.05) is 5.88 Å². The lowest BCUT2D eigenvalue weighted by Crippen LogP contribution is -1.71. The Morgan fingerprint density at radius 2 is 2.62 bits per heavy atom. The summed E-state index contributed by atoms with van der Waals surface area (Å²) >= 11 is 9.71. The first kappa shape index (κ1) is 7.83. The van der Waals surface area contributed by atoms with Gasteiger partial charge in [-0.3, -0.25) is 0 Å². The lowest BCUT2D eigenvalue weighted by atomic mass is 10.4. The summed E-state index contributed by atoms with van der Waals surface area (Å²) in [6, 6.07) is 0. The maximum absolute atomic E-state index is 5.40. The van der Waals surface area contributed by atoms with E-state index in [-0.39, 0.29) is 0 Å². The molecule has 0 aliphatic carbocycles. The minimum Gasteiger partial charge on any atom is -0.203 e. The quantitative estimate of drug-likeness (QED) is 0.332. The SMILES string of the molecule is C/C(=C/N=C=S)CCl. The molecule has 0 heterocycles. The Morgan fingerprint density at radius 3 is 3.00 bits per heavy atom. The molecule has 0 radical (unpaired) electrons. The Kier molecular flexibility index (Phi) is 4.87. The van der Waals surface area contributed by atoms with E-state index in [4.69, 9.17) is 11.6 Å². The number of thiocarbonyl (C=S) groups is 1. The van der Waals surface area contributed by atoms with E-state index < -0.39 is 0 Å². The van der Waals surface area contributed by atoms with Crippen LogP contribution in [0, 0.1) is 0 Å². The molecule has 0 rings (SSSR count). The van der Waals surface area contributed by atoms with E-state index in [2.05, 4.69) is 22.4 Å². The van der Waals surface area contributed by atoms with E-state index in [0.29, 0.717) is 5.88 Å². The molecule has 1 nitrogen and oxygen atoms in total. The number of aliphatic imine (C=N–C) groups is 1. The van der Waals surface area contributed by atoms with Crippen molar-refractivity contribution in [3.05, 3.63) is 11.8 Å². The topological polar surface area (TPSA) is 12.4 Å². The van der Waals surface area contributed by atoms with Gasteiger partial charge in [-0.25, -0.2) is 4.99 Å². The lowest BCUT2D eigenvalue weighted by Gasteiger charge is -1.83. The van der Waals surface area contributed by atoms with E-state index in [1.54, 1.807) is 6.20 Å². The van der Waals surface area contributed by atoms with Gasteiger partial charge in [0.25, 0.3) is 0 Å². The molecule has 44 valence electrons. The Labute approximate surface area is 59.1 Å². The molecular formula is C5H6ClNS. The van der Waals surface area contributed by atoms with Crippen LogP contribution in [-0.4, -0.2) is 11.0 Å². The predicted octanol–water partition coefficient (Wildman–Crippen LogP) is 2.23. The highest BCUT2D eigenvalue weighted by molar-refractivity contribution is 7.78. The predicted molar refractivity (Wildman–Crippen MR) is 39.5 cm³/mol. The Hall–Kier alpha value is -0.170. The molecule has 0 aromatic rings. The van der Waals surface area contributed by atoms with Crippen LogP contribution in [0.3, 0.4) is 0 Å². The number of alkyl halides is 1. The molecule has 0 N–H and O–H groups in total. The summed E-state index contributed by atoms with van der Waals surface area (Å²) in [6.07, 6.45) is 1.60. The second kappa shape index (κ2) is 4.98. The number of allylic oxidation sites excluding steroid dienone is 1. The van der Waals surface area contributed by atoms with E-state index in [1.165, 1.54) is 0 Å². The van der Waals surface area contributed by atoms with E-state index in [9.17, 15) is 0 Å². The van der Waals surface area contributed by atoms with Gasteiger partial charge in [0.2, 0.25) is 0 Å². The average Bonchev–Trinajstić information content (AvgIpc) is 1.83. The number of nitrogens with zero attached hydrogens (tertiary/aromatic N) is 1. The Bertz CT molecular complexity index is 135. The highest BCUT2D eigenvalue weighted by atomic mass is 35.5. The zero-order valence-electron chi connectivity index (χ0n) is 4.52. The van der Waals surface area contributed by atoms with Gasteiger partial charge in [-0.05, 0) is 24.7 Å². The molecule has 0 spiro atoms. The van der Waals surface area contributed by atoms with Gasteiger partial charge in [-0.15, -0.1) is 11.6 Å². The van der Waals surface area contributed by atoms with E-state index >= 15 is 0 Å². The van der Waals surface area contributed by atoms with Crippen LogP contribution in [0.15, 0.2) is 16.8 Å². The van der Waals surface area contributed by atoms with Gasteiger partial charge >= 0.3 is 0 Å². The van der Waals surface area contributed by atoms with Crippen molar-refractivity contribution in [1.29, 1.82) is 0 Å². The summed E-state index contributed by atoms with van der Waals surface area (Å²) in [5.74, 6) is 0.501. The standard InChI is InChI=1S/C5H6ClNS/c1-5(2-6)3-7-4-8/h3H,2H2,1H3/b5-3-. The third kappa shape index (κ3) is 4.00. The molecule has 0 aliphatic rings. The van der Waals surface area contributed by atoms with E-state index in [0.717, 1.165) is 5.57 Å². The average molecular weight is 148 g/mol. The van der Waals surface area contributed by atoms with Gasteiger partial charge in [0.15, 0.2) is 0 Å². The molecule has 0 unspecified atom stereocenters. The molecule has 0 aromatic carbocycles. The van der Waals surface area contributed by atoms with Crippen LogP contribution >= 0.6 is 23.8 Å². The van der Waals surface area contributed by atoms with Crippen LogP contribution in [0.4, 0.5) is 0 Å². The number of halogens is 1. The zero-order chi connectivity index (χ0) is 6.41. The summed E-state index contributed by atoms with van der Waals surface area (Å²) in [7, 11) is 0. The molecule has 0 aliphatic heterocycles. The fourth-order valence-corrected chi connectivity index (χ4v) is 0.293. The third-order valence-corrected chi connectivity index (χ3v) is 1.08. The minimum atomic E-state index is 0.501. The highest BCUT2D eigenvalue weighted by Gasteiger charge is 1.78. The van der Waals surface area contributed by atoms with Gasteiger partial charge in [-0.1, -0.05) is 0 Å². The Balaban J connectivity index is 3.74. The molecule has 0 amide bonds. The van der Waals surface area contributed by atoms with Crippen LogP contribution in [-0.2, 0) is 0 Å². The number of hydrogen-bond acceptors (Lipinski definition) is 2. The van der Waals surface area contributed by atoms with Gasteiger partial charge < -0.3 is 0 Å². The second-order valence-corrected chi connectivity index (χ2v) is 1.78. The summed E-state index contributed by atoms with van der Waals surface area (Å²) < 4.78 is 0. The van der Waals surface area contributed by atoms with Crippen LogP contribution in [0.5, 0.6) is 0 Å². The number of hydrogen-bond donors (Lipinski definition) is 0. The van der Waals surface area contributed by atoms with Crippen molar-refractivity contribution < 1.29 is 0 Å². The summed E-state index contributed by atoms with van der Waals surface area (Å²) in [6.45, 7) is 1.88. The van der Waals surface area contributed by atoms with Crippen LogP contribution in [0.25, 0.3) is 0 Å². The van der Waals surface area contributed by atoms with Gasteiger partial charge in [0.05, 0.1) is 5.16 Å². The molecule has 0 saturated carbocycles. The normalized spacial score (nSPS) is 10.5. The Morgan fingerprint density at radius 1 is 2.00 bits per heavy atom.